The summed E-state index contributed by atoms with van der Waals surface area (Å²) in [4.78, 5) is 10.9. The molecule has 1 N–H and O–H groups in total. The number of ether oxygens (including phenoxy) is 1. The Balaban J connectivity index is 2.54. The standard InChI is InChI=1S/C12H17NO2/c1-9-5-4-6-10(2)12(9)13-8-7-11(14)15-3/h4-6,13H,7-8H2,1-3H3. The molecule has 3 heteroatoms. The number of esters is 1. The molecule has 1 rings (SSSR count). The number of aryl methyl sites for hydroxylation is 2. The summed E-state index contributed by atoms with van der Waals surface area (Å²) in [7, 11) is 1.40. The van der Waals surface area contributed by atoms with Crippen LogP contribution in [0.5, 0.6) is 0 Å². The molecule has 0 saturated carbocycles. The zero-order chi connectivity index (χ0) is 11.3. The SMILES string of the molecule is COC(=O)CCNc1c(C)cccc1C. The molecule has 0 aliphatic rings. The maximum atomic E-state index is 10.9. The number of hydrogen-bond donors (Lipinski definition) is 1. The number of methoxy groups -OCH3 is 1. The summed E-state index contributed by atoms with van der Waals surface area (Å²) in [5, 5.41) is 3.25. The minimum absolute atomic E-state index is 0.186. The van der Waals surface area contributed by atoms with Crippen LogP contribution in [0.2, 0.25) is 0 Å². The molecule has 0 aliphatic heterocycles. The van der Waals surface area contributed by atoms with E-state index in [1.807, 2.05) is 32.0 Å². The van der Waals surface area contributed by atoms with Gasteiger partial charge in [0.1, 0.15) is 0 Å². The number of nitrogens with one attached hydrogen (secondary N) is 1. The molecule has 0 atom stereocenters. The largest absolute Gasteiger partial charge is 0.469 e. The van der Waals surface area contributed by atoms with Crippen molar-refractivity contribution in [3.8, 4) is 0 Å². The Morgan fingerprint density at radius 1 is 1.33 bits per heavy atom. The van der Waals surface area contributed by atoms with Crippen LogP contribution in [-0.2, 0) is 9.53 Å². The van der Waals surface area contributed by atoms with Gasteiger partial charge in [0.2, 0.25) is 0 Å². The highest BCUT2D eigenvalue weighted by atomic mass is 16.5. The Morgan fingerprint density at radius 2 is 1.93 bits per heavy atom. The molecule has 0 radical (unpaired) electrons. The van der Waals surface area contributed by atoms with Gasteiger partial charge in [-0.2, -0.15) is 0 Å². The van der Waals surface area contributed by atoms with Gasteiger partial charge in [-0.15, -0.1) is 0 Å². The lowest BCUT2D eigenvalue weighted by atomic mass is 10.1. The van der Waals surface area contributed by atoms with Crippen LogP contribution in [0.15, 0.2) is 18.2 Å². The number of carbonyl (C=O) groups is 1. The Hall–Kier alpha value is -1.51. The summed E-state index contributed by atoms with van der Waals surface area (Å²) < 4.78 is 4.57. The lowest BCUT2D eigenvalue weighted by Gasteiger charge is -2.11. The molecular formula is C12H17NO2. The lowest BCUT2D eigenvalue weighted by Crippen LogP contribution is -2.11. The van der Waals surface area contributed by atoms with Crippen LogP contribution >= 0.6 is 0 Å². The quantitative estimate of drug-likeness (QED) is 0.770. The number of anilines is 1. The predicted octanol–water partition coefficient (Wildman–Crippen LogP) is 2.28. The zero-order valence-corrected chi connectivity index (χ0v) is 9.46. The van der Waals surface area contributed by atoms with Crippen LogP contribution in [0.25, 0.3) is 0 Å². The van der Waals surface area contributed by atoms with E-state index < -0.39 is 0 Å². The van der Waals surface area contributed by atoms with Crippen molar-refractivity contribution in [2.45, 2.75) is 20.3 Å². The van der Waals surface area contributed by atoms with Crippen molar-refractivity contribution in [1.29, 1.82) is 0 Å². The number of hydrogen-bond acceptors (Lipinski definition) is 3. The van der Waals surface area contributed by atoms with Crippen LogP contribution in [0.3, 0.4) is 0 Å². The third kappa shape index (κ3) is 3.27. The van der Waals surface area contributed by atoms with Crippen molar-refractivity contribution < 1.29 is 9.53 Å². The van der Waals surface area contributed by atoms with E-state index in [-0.39, 0.29) is 5.97 Å². The van der Waals surface area contributed by atoms with Gasteiger partial charge in [0.15, 0.2) is 0 Å². The van der Waals surface area contributed by atoms with Gasteiger partial charge in [0.05, 0.1) is 13.5 Å². The molecule has 15 heavy (non-hydrogen) atoms. The molecule has 0 unspecified atom stereocenters. The molecule has 82 valence electrons. The van der Waals surface area contributed by atoms with E-state index in [1.165, 1.54) is 18.2 Å². The van der Waals surface area contributed by atoms with Gasteiger partial charge in [-0.1, -0.05) is 18.2 Å². The van der Waals surface area contributed by atoms with Crippen molar-refractivity contribution in [1.82, 2.24) is 0 Å². The Morgan fingerprint density at radius 3 is 2.47 bits per heavy atom. The maximum Gasteiger partial charge on any atom is 0.307 e. The zero-order valence-electron chi connectivity index (χ0n) is 9.46. The fourth-order valence-electron chi connectivity index (χ4n) is 1.48. The van der Waals surface area contributed by atoms with Crippen LogP contribution in [0.1, 0.15) is 17.5 Å². The Kier molecular flexibility index (Phi) is 4.16. The van der Waals surface area contributed by atoms with Gasteiger partial charge in [0, 0.05) is 12.2 Å². The second-order valence-corrected chi connectivity index (χ2v) is 3.52. The molecule has 0 amide bonds. The van der Waals surface area contributed by atoms with E-state index in [2.05, 4.69) is 10.1 Å². The first kappa shape index (κ1) is 11.6. The smallest absolute Gasteiger partial charge is 0.307 e. The highest BCUT2D eigenvalue weighted by Gasteiger charge is 2.03. The van der Waals surface area contributed by atoms with Gasteiger partial charge in [-0.25, -0.2) is 0 Å². The third-order valence-corrected chi connectivity index (χ3v) is 2.34. The minimum Gasteiger partial charge on any atom is -0.469 e. The molecule has 0 saturated heterocycles. The molecular weight excluding hydrogens is 190 g/mol. The van der Waals surface area contributed by atoms with Crippen LogP contribution < -0.4 is 5.32 Å². The predicted molar refractivity (Wildman–Crippen MR) is 61.0 cm³/mol. The van der Waals surface area contributed by atoms with Gasteiger partial charge in [0.25, 0.3) is 0 Å². The Labute approximate surface area is 90.4 Å². The molecule has 0 bridgehead atoms. The average Bonchev–Trinajstić information content (AvgIpc) is 2.22. The number of carbonyl (C=O) groups excluding carboxylic acids is 1. The summed E-state index contributed by atoms with van der Waals surface area (Å²) in [6, 6.07) is 6.12. The van der Waals surface area contributed by atoms with Crippen LogP contribution in [0, 0.1) is 13.8 Å². The number of para-hydroxylation sites is 1. The topological polar surface area (TPSA) is 38.3 Å². The normalized spacial score (nSPS) is 9.80. The summed E-state index contributed by atoms with van der Waals surface area (Å²) in [5.74, 6) is -0.186. The van der Waals surface area contributed by atoms with Crippen molar-refractivity contribution >= 4 is 11.7 Å². The van der Waals surface area contributed by atoms with E-state index in [0.717, 1.165) is 5.69 Å². The number of benzene rings is 1. The molecule has 1 aromatic carbocycles. The molecule has 3 nitrogen and oxygen atoms in total. The molecule has 1 aromatic rings. The van der Waals surface area contributed by atoms with Crippen molar-refractivity contribution in [3.63, 3.8) is 0 Å². The summed E-state index contributed by atoms with van der Waals surface area (Å²) in [6.45, 7) is 4.71. The van der Waals surface area contributed by atoms with Gasteiger partial charge in [-0.3, -0.25) is 4.79 Å². The second-order valence-electron chi connectivity index (χ2n) is 3.52. The highest BCUT2D eigenvalue weighted by Crippen LogP contribution is 2.18. The molecule has 0 aliphatic carbocycles. The van der Waals surface area contributed by atoms with Crippen molar-refractivity contribution in [2.75, 3.05) is 19.0 Å². The minimum atomic E-state index is -0.186. The molecule has 0 fully saturated rings. The van der Waals surface area contributed by atoms with Gasteiger partial charge < -0.3 is 10.1 Å². The highest BCUT2D eigenvalue weighted by molar-refractivity contribution is 5.70. The Bertz CT molecular complexity index is 327. The van der Waals surface area contributed by atoms with Crippen LogP contribution in [-0.4, -0.2) is 19.6 Å². The van der Waals surface area contributed by atoms with Gasteiger partial charge >= 0.3 is 5.97 Å². The van der Waals surface area contributed by atoms with E-state index in [0.29, 0.717) is 13.0 Å². The van der Waals surface area contributed by atoms with E-state index >= 15 is 0 Å². The summed E-state index contributed by atoms with van der Waals surface area (Å²) >= 11 is 0. The first-order valence-corrected chi connectivity index (χ1v) is 5.02. The first-order valence-electron chi connectivity index (χ1n) is 5.02. The molecule has 0 spiro atoms. The van der Waals surface area contributed by atoms with Crippen molar-refractivity contribution in [3.05, 3.63) is 29.3 Å². The summed E-state index contributed by atoms with van der Waals surface area (Å²) in [5.41, 5.74) is 3.50. The van der Waals surface area contributed by atoms with E-state index in [4.69, 9.17) is 0 Å². The van der Waals surface area contributed by atoms with E-state index in [9.17, 15) is 4.79 Å². The third-order valence-electron chi connectivity index (χ3n) is 2.34. The first-order chi connectivity index (χ1) is 7.15. The van der Waals surface area contributed by atoms with Crippen molar-refractivity contribution in [2.24, 2.45) is 0 Å². The fraction of sp³-hybridized carbons (Fsp3) is 0.417. The van der Waals surface area contributed by atoms with Crippen LogP contribution in [0.4, 0.5) is 5.69 Å². The summed E-state index contributed by atoms with van der Waals surface area (Å²) in [6.07, 6.45) is 0.393. The van der Waals surface area contributed by atoms with Gasteiger partial charge in [-0.05, 0) is 25.0 Å². The second kappa shape index (κ2) is 5.39. The lowest BCUT2D eigenvalue weighted by molar-refractivity contribution is -0.140. The maximum absolute atomic E-state index is 10.9. The molecule has 0 heterocycles. The van der Waals surface area contributed by atoms with E-state index in [1.54, 1.807) is 0 Å². The average molecular weight is 207 g/mol. The fourth-order valence-corrected chi connectivity index (χ4v) is 1.48. The monoisotopic (exact) mass is 207 g/mol. The molecule has 0 aromatic heterocycles. The number of rotatable bonds is 4.